The smallest absolute Gasteiger partial charge is 0.178 e. The van der Waals surface area contributed by atoms with Gasteiger partial charge in [-0.25, -0.2) is 0 Å². The van der Waals surface area contributed by atoms with Crippen molar-refractivity contribution in [1.82, 2.24) is 9.55 Å². The molecule has 1 aromatic carbocycles. The molecule has 3 unspecified atom stereocenters. The van der Waals surface area contributed by atoms with Crippen molar-refractivity contribution in [2.75, 3.05) is 0 Å². The van der Waals surface area contributed by atoms with E-state index < -0.39 is 0 Å². The van der Waals surface area contributed by atoms with E-state index in [4.69, 9.17) is 17.0 Å². The summed E-state index contributed by atoms with van der Waals surface area (Å²) >= 11 is 5.63. The second-order valence-corrected chi connectivity index (χ2v) is 7.25. The monoisotopic (exact) mass is 302 g/mol. The van der Waals surface area contributed by atoms with Crippen molar-refractivity contribution in [3.8, 4) is 5.75 Å². The third kappa shape index (κ3) is 2.11. The Bertz CT molecular complexity index is 730. The second-order valence-electron chi connectivity index (χ2n) is 6.86. The number of imidazole rings is 1. The molecule has 4 heteroatoms. The zero-order valence-corrected chi connectivity index (χ0v) is 13.5. The van der Waals surface area contributed by atoms with E-state index in [0.29, 0.717) is 6.04 Å². The van der Waals surface area contributed by atoms with Crippen LogP contribution < -0.4 is 4.74 Å². The number of fused-ring (bicyclic) bond motifs is 3. The van der Waals surface area contributed by atoms with Crippen LogP contribution in [0.3, 0.4) is 0 Å². The van der Waals surface area contributed by atoms with Gasteiger partial charge < -0.3 is 14.3 Å². The summed E-state index contributed by atoms with van der Waals surface area (Å²) in [6.07, 6.45) is 5.64. The SMILES string of the molecule is CC(C)Oc1cccc2c1[nH]c(=S)n2C1CC2CCC1C2. The standard InChI is InChI=1S/C17H22N2OS/c1-10(2)20-15-5-3-4-13-16(15)18-17(21)19(13)14-9-11-6-7-12(14)8-11/h3-5,10-12,14H,6-9H2,1-2H3,(H,18,21). The molecule has 2 saturated carbocycles. The molecule has 2 bridgehead atoms. The third-order valence-corrected chi connectivity index (χ3v) is 5.41. The topological polar surface area (TPSA) is 29.9 Å². The molecule has 3 nitrogen and oxygen atoms in total. The average molecular weight is 302 g/mol. The van der Waals surface area contributed by atoms with Crippen LogP contribution in [0.15, 0.2) is 18.2 Å². The maximum Gasteiger partial charge on any atom is 0.178 e. The lowest BCUT2D eigenvalue weighted by molar-refractivity contribution is 0.245. The fraction of sp³-hybridized carbons (Fsp3) is 0.588. The van der Waals surface area contributed by atoms with Crippen LogP contribution in [-0.4, -0.2) is 15.7 Å². The summed E-state index contributed by atoms with van der Waals surface area (Å²) in [4.78, 5) is 3.39. The quantitative estimate of drug-likeness (QED) is 0.822. The molecule has 1 heterocycles. The average Bonchev–Trinajstić information content (AvgIpc) is 3.11. The normalized spacial score (nSPS) is 27.9. The van der Waals surface area contributed by atoms with E-state index in [2.05, 4.69) is 35.5 Å². The first-order valence-electron chi connectivity index (χ1n) is 8.03. The number of nitrogens with zero attached hydrogens (tertiary/aromatic N) is 1. The van der Waals surface area contributed by atoms with Gasteiger partial charge in [-0.05, 0) is 69.3 Å². The summed E-state index contributed by atoms with van der Waals surface area (Å²) < 4.78 is 9.14. The maximum absolute atomic E-state index is 5.93. The Morgan fingerprint density at radius 2 is 2.14 bits per heavy atom. The van der Waals surface area contributed by atoms with Crippen molar-refractivity contribution in [2.45, 2.75) is 51.7 Å². The van der Waals surface area contributed by atoms with E-state index >= 15 is 0 Å². The zero-order chi connectivity index (χ0) is 14.6. The van der Waals surface area contributed by atoms with Gasteiger partial charge in [0.25, 0.3) is 0 Å². The maximum atomic E-state index is 5.93. The number of rotatable bonds is 3. The molecule has 0 saturated heterocycles. The van der Waals surface area contributed by atoms with Crippen molar-refractivity contribution in [3.05, 3.63) is 23.0 Å². The van der Waals surface area contributed by atoms with Gasteiger partial charge in [0.05, 0.1) is 11.6 Å². The molecule has 0 amide bonds. The molecule has 21 heavy (non-hydrogen) atoms. The van der Waals surface area contributed by atoms with Crippen LogP contribution >= 0.6 is 12.2 Å². The predicted molar refractivity (Wildman–Crippen MR) is 87.4 cm³/mol. The molecule has 2 aromatic rings. The van der Waals surface area contributed by atoms with Gasteiger partial charge in [-0.2, -0.15) is 0 Å². The Kier molecular flexibility index (Phi) is 3.10. The minimum atomic E-state index is 0.170. The molecular weight excluding hydrogens is 280 g/mol. The Labute approximate surface area is 130 Å². The highest BCUT2D eigenvalue weighted by Crippen LogP contribution is 2.51. The van der Waals surface area contributed by atoms with Gasteiger partial charge in [0.2, 0.25) is 0 Å². The predicted octanol–water partition coefficient (Wildman–Crippen LogP) is 4.85. The molecule has 1 aromatic heterocycles. The molecular formula is C17H22N2OS. The van der Waals surface area contributed by atoms with Gasteiger partial charge in [0.1, 0.15) is 11.3 Å². The van der Waals surface area contributed by atoms with Crippen molar-refractivity contribution < 1.29 is 4.74 Å². The molecule has 0 aliphatic heterocycles. The van der Waals surface area contributed by atoms with Crippen molar-refractivity contribution in [2.24, 2.45) is 11.8 Å². The van der Waals surface area contributed by atoms with E-state index in [1.807, 2.05) is 6.07 Å². The zero-order valence-electron chi connectivity index (χ0n) is 12.6. The van der Waals surface area contributed by atoms with Crippen molar-refractivity contribution in [3.63, 3.8) is 0 Å². The number of hydrogen-bond donors (Lipinski definition) is 1. The van der Waals surface area contributed by atoms with Crippen LogP contribution in [-0.2, 0) is 0 Å². The molecule has 3 atom stereocenters. The number of ether oxygens (including phenoxy) is 1. The number of benzene rings is 1. The first kappa shape index (κ1) is 13.4. The molecule has 2 aliphatic carbocycles. The highest BCUT2D eigenvalue weighted by Gasteiger charge is 2.41. The lowest BCUT2D eigenvalue weighted by Crippen LogP contribution is -2.16. The summed E-state index contributed by atoms with van der Waals surface area (Å²) in [6, 6.07) is 6.85. The van der Waals surface area contributed by atoms with E-state index in [1.54, 1.807) is 0 Å². The van der Waals surface area contributed by atoms with Crippen molar-refractivity contribution in [1.29, 1.82) is 0 Å². The Hall–Kier alpha value is -1.29. The molecule has 4 rings (SSSR count). The summed E-state index contributed by atoms with van der Waals surface area (Å²) in [5.41, 5.74) is 2.26. The number of H-pyrrole nitrogens is 1. The van der Waals surface area contributed by atoms with Gasteiger partial charge in [-0.15, -0.1) is 0 Å². The molecule has 2 aliphatic rings. The first-order chi connectivity index (χ1) is 10.1. The van der Waals surface area contributed by atoms with E-state index in [0.717, 1.165) is 27.9 Å². The van der Waals surface area contributed by atoms with Gasteiger partial charge >= 0.3 is 0 Å². The van der Waals surface area contributed by atoms with Crippen LogP contribution in [0.2, 0.25) is 0 Å². The summed E-state index contributed by atoms with van der Waals surface area (Å²) in [5, 5.41) is 0. The van der Waals surface area contributed by atoms with Crippen molar-refractivity contribution >= 4 is 23.3 Å². The number of nitrogens with one attached hydrogen (secondary N) is 1. The second kappa shape index (κ2) is 4.87. The summed E-state index contributed by atoms with van der Waals surface area (Å²) in [6.45, 7) is 4.11. The minimum Gasteiger partial charge on any atom is -0.489 e. The number of para-hydroxylation sites is 1. The number of hydrogen-bond acceptors (Lipinski definition) is 2. The van der Waals surface area contributed by atoms with Crippen LogP contribution in [0, 0.1) is 16.6 Å². The van der Waals surface area contributed by atoms with Gasteiger partial charge in [0, 0.05) is 6.04 Å². The van der Waals surface area contributed by atoms with Crippen LogP contribution in [0.4, 0.5) is 0 Å². The van der Waals surface area contributed by atoms with Crippen LogP contribution in [0.5, 0.6) is 5.75 Å². The molecule has 112 valence electrons. The lowest BCUT2D eigenvalue weighted by Gasteiger charge is -2.24. The minimum absolute atomic E-state index is 0.170. The lowest BCUT2D eigenvalue weighted by atomic mass is 9.95. The van der Waals surface area contributed by atoms with E-state index in [9.17, 15) is 0 Å². The van der Waals surface area contributed by atoms with E-state index in [-0.39, 0.29) is 6.10 Å². The Balaban J connectivity index is 1.83. The first-order valence-corrected chi connectivity index (χ1v) is 8.44. The van der Waals surface area contributed by atoms with Crippen LogP contribution in [0.25, 0.3) is 11.0 Å². The molecule has 1 N–H and O–H groups in total. The highest BCUT2D eigenvalue weighted by atomic mass is 32.1. The van der Waals surface area contributed by atoms with Crippen LogP contribution in [0.1, 0.15) is 45.6 Å². The highest BCUT2D eigenvalue weighted by molar-refractivity contribution is 7.71. The summed E-state index contributed by atoms with van der Waals surface area (Å²) in [7, 11) is 0. The molecule has 0 radical (unpaired) electrons. The Morgan fingerprint density at radius 1 is 1.29 bits per heavy atom. The third-order valence-electron chi connectivity index (χ3n) is 5.11. The Morgan fingerprint density at radius 3 is 2.81 bits per heavy atom. The fourth-order valence-electron chi connectivity index (χ4n) is 4.33. The van der Waals surface area contributed by atoms with Gasteiger partial charge in [0.15, 0.2) is 4.77 Å². The van der Waals surface area contributed by atoms with E-state index in [1.165, 1.54) is 31.2 Å². The number of aromatic nitrogens is 2. The molecule has 2 fully saturated rings. The number of aromatic amines is 1. The largest absolute Gasteiger partial charge is 0.489 e. The van der Waals surface area contributed by atoms with Gasteiger partial charge in [-0.1, -0.05) is 12.5 Å². The molecule has 0 spiro atoms. The fourth-order valence-corrected chi connectivity index (χ4v) is 4.67. The summed E-state index contributed by atoms with van der Waals surface area (Å²) in [5.74, 6) is 2.65. The van der Waals surface area contributed by atoms with Gasteiger partial charge in [-0.3, -0.25) is 0 Å².